The van der Waals surface area contributed by atoms with E-state index in [1.165, 1.54) is 0 Å². The van der Waals surface area contributed by atoms with Gasteiger partial charge in [-0.2, -0.15) is 5.26 Å². The topological polar surface area (TPSA) is 90.9 Å². The van der Waals surface area contributed by atoms with E-state index >= 15 is 0 Å². The highest BCUT2D eigenvalue weighted by atomic mass is 35.5. The molecule has 7 heteroatoms. The average molecular weight is 329 g/mol. The number of nitrogens with one attached hydrogen (secondary N) is 1. The molecule has 3 N–H and O–H groups in total. The maximum absolute atomic E-state index is 9.17. The minimum atomic E-state index is 0.147. The van der Waals surface area contributed by atoms with Crippen molar-refractivity contribution in [1.29, 1.82) is 5.26 Å². The van der Waals surface area contributed by atoms with E-state index in [0.717, 1.165) is 37.4 Å². The molecule has 0 radical (unpaired) electrons. The summed E-state index contributed by atoms with van der Waals surface area (Å²) in [7, 11) is 0. The number of nitrogens with two attached hydrogens (primary N) is 1. The second kappa shape index (κ2) is 6.82. The van der Waals surface area contributed by atoms with Gasteiger partial charge in [-0.1, -0.05) is 11.6 Å². The molecule has 2 heterocycles. The summed E-state index contributed by atoms with van der Waals surface area (Å²) < 4.78 is 0. The molecule has 0 unspecified atom stereocenters. The second-order valence-corrected chi connectivity index (χ2v) is 5.94. The molecular weight excluding hydrogens is 312 g/mol. The minimum absolute atomic E-state index is 0.147. The second-order valence-electron chi connectivity index (χ2n) is 5.50. The Morgan fingerprint density at radius 1 is 1.22 bits per heavy atom. The third kappa shape index (κ3) is 3.89. The van der Waals surface area contributed by atoms with Gasteiger partial charge in [0.05, 0.1) is 0 Å². The molecule has 0 amide bonds. The van der Waals surface area contributed by atoms with Crippen LogP contribution in [0.1, 0.15) is 18.7 Å². The van der Waals surface area contributed by atoms with Crippen LogP contribution in [0, 0.1) is 11.3 Å². The van der Waals surface area contributed by atoms with Gasteiger partial charge in [-0.15, -0.1) is 0 Å². The maximum atomic E-state index is 9.17. The van der Waals surface area contributed by atoms with Crippen LogP contribution in [0.3, 0.4) is 0 Å². The van der Waals surface area contributed by atoms with E-state index in [-0.39, 0.29) is 11.9 Å². The SMILES string of the molecule is N#Cc1nc(Nc2ccc(Cl)cc2)cc(N2CCC(N)CC2)n1. The van der Waals surface area contributed by atoms with Gasteiger partial charge in [0.15, 0.2) is 0 Å². The molecular formula is C16H17ClN6. The van der Waals surface area contributed by atoms with Crippen LogP contribution < -0.4 is 16.0 Å². The molecule has 0 spiro atoms. The molecule has 1 fully saturated rings. The van der Waals surface area contributed by atoms with E-state index in [9.17, 15) is 5.26 Å². The van der Waals surface area contributed by atoms with E-state index in [1.807, 2.05) is 24.3 Å². The largest absolute Gasteiger partial charge is 0.356 e. The van der Waals surface area contributed by atoms with Crippen LogP contribution in [0.15, 0.2) is 30.3 Å². The fourth-order valence-electron chi connectivity index (χ4n) is 2.52. The summed E-state index contributed by atoms with van der Waals surface area (Å²) >= 11 is 5.89. The number of benzene rings is 1. The van der Waals surface area contributed by atoms with Gasteiger partial charge in [0, 0.05) is 35.9 Å². The van der Waals surface area contributed by atoms with Gasteiger partial charge in [-0.25, -0.2) is 9.97 Å². The van der Waals surface area contributed by atoms with Crippen LogP contribution in [-0.2, 0) is 0 Å². The number of piperidine rings is 1. The van der Waals surface area contributed by atoms with Gasteiger partial charge in [0.25, 0.3) is 0 Å². The first-order valence-corrected chi connectivity index (χ1v) is 7.84. The highest BCUT2D eigenvalue weighted by Crippen LogP contribution is 2.23. The molecule has 0 saturated carbocycles. The summed E-state index contributed by atoms with van der Waals surface area (Å²) in [5.74, 6) is 1.48. The summed E-state index contributed by atoms with van der Waals surface area (Å²) in [5, 5.41) is 13.0. The quantitative estimate of drug-likeness (QED) is 0.900. The predicted molar refractivity (Wildman–Crippen MR) is 90.9 cm³/mol. The molecule has 23 heavy (non-hydrogen) atoms. The van der Waals surface area contributed by atoms with Crippen LogP contribution in [0.2, 0.25) is 5.02 Å². The Bertz CT molecular complexity index is 716. The van der Waals surface area contributed by atoms with Crippen LogP contribution in [-0.4, -0.2) is 29.1 Å². The molecule has 0 atom stereocenters. The van der Waals surface area contributed by atoms with Crippen molar-refractivity contribution in [3.8, 4) is 6.07 Å². The lowest BCUT2D eigenvalue weighted by Crippen LogP contribution is -2.40. The molecule has 1 saturated heterocycles. The van der Waals surface area contributed by atoms with Crippen LogP contribution in [0.25, 0.3) is 0 Å². The van der Waals surface area contributed by atoms with Crippen molar-refractivity contribution in [2.24, 2.45) is 5.73 Å². The number of nitriles is 1. The van der Waals surface area contributed by atoms with Gasteiger partial charge in [0.2, 0.25) is 5.82 Å². The molecule has 2 aromatic rings. The Morgan fingerprint density at radius 3 is 2.57 bits per heavy atom. The van der Waals surface area contributed by atoms with Gasteiger partial charge < -0.3 is 16.0 Å². The lowest BCUT2D eigenvalue weighted by Gasteiger charge is -2.31. The first kappa shape index (κ1) is 15.5. The van der Waals surface area contributed by atoms with E-state index in [2.05, 4.69) is 20.2 Å². The molecule has 0 bridgehead atoms. The molecule has 1 aromatic carbocycles. The Balaban J connectivity index is 1.84. The summed E-state index contributed by atoms with van der Waals surface area (Å²) in [4.78, 5) is 10.7. The number of aromatic nitrogens is 2. The molecule has 3 rings (SSSR count). The average Bonchev–Trinajstić information content (AvgIpc) is 2.57. The number of rotatable bonds is 3. The van der Waals surface area contributed by atoms with Gasteiger partial charge in [0.1, 0.15) is 17.7 Å². The highest BCUT2D eigenvalue weighted by Gasteiger charge is 2.18. The summed E-state index contributed by atoms with van der Waals surface area (Å²) in [6.07, 6.45) is 1.84. The van der Waals surface area contributed by atoms with Crippen molar-refractivity contribution in [3.05, 3.63) is 41.2 Å². The first-order valence-electron chi connectivity index (χ1n) is 7.46. The van der Waals surface area contributed by atoms with Crippen molar-refractivity contribution in [1.82, 2.24) is 9.97 Å². The van der Waals surface area contributed by atoms with Crippen LogP contribution in [0.5, 0.6) is 0 Å². The first-order chi connectivity index (χ1) is 11.1. The van der Waals surface area contributed by atoms with Crippen molar-refractivity contribution in [2.45, 2.75) is 18.9 Å². The van der Waals surface area contributed by atoms with Crippen LogP contribution >= 0.6 is 11.6 Å². The number of anilines is 3. The van der Waals surface area contributed by atoms with E-state index in [4.69, 9.17) is 17.3 Å². The third-order valence-electron chi connectivity index (χ3n) is 3.79. The monoisotopic (exact) mass is 328 g/mol. The maximum Gasteiger partial charge on any atom is 0.236 e. The van der Waals surface area contributed by atoms with Crippen molar-refractivity contribution in [2.75, 3.05) is 23.3 Å². The summed E-state index contributed by atoms with van der Waals surface area (Å²) in [6, 6.07) is 11.4. The zero-order chi connectivity index (χ0) is 16.2. The number of hydrogen-bond acceptors (Lipinski definition) is 6. The predicted octanol–water partition coefficient (Wildman–Crippen LogP) is 2.67. The third-order valence-corrected chi connectivity index (χ3v) is 4.04. The summed E-state index contributed by atoms with van der Waals surface area (Å²) in [6.45, 7) is 1.67. The molecule has 1 aromatic heterocycles. The fourth-order valence-corrected chi connectivity index (χ4v) is 2.65. The minimum Gasteiger partial charge on any atom is -0.356 e. The number of halogens is 1. The lowest BCUT2D eigenvalue weighted by atomic mass is 10.1. The number of hydrogen-bond donors (Lipinski definition) is 2. The lowest BCUT2D eigenvalue weighted by molar-refractivity contribution is 0.498. The van der Waals surface area contributed by atoms with E-state index < -0.39 is 0 Å². The van der Waals surface area contributed by atoms with Gasteiger partial charge in [-0.05, 0) is 37.1 Å². The molecule has 6 nitrogen and oxygen atoms in total. The Kier molecular flexibility index (Phi) is 4.60. The van der Waals surface area contributed by atoms with Crippen molar-refractivity contribution in [3.63, 3.8) is 0 Å². The Labute approximate surface area is 139 Å². The molecule has 118 valence electrons. The molecule has 1 aliphatic heterocycles. The van der Waals surface area contributed by atoms with Crippen molar-refractivity contribution < 1.29 is 0 Å². The molecule has 1 aliphatic rings. The Hall–Kier alpha value is -2.36. The zero-order valence-corrected chi connectivity index (χ0v) is 13.3. The fraction of sp³-hybridized carbons (Fsp3) is 0.312. The molecule has 0 aliphatic carbocycles. The van der Waals surface area contributed by atoms with E-state index in [1.54, 1.807) is 12.1 Å². The normalized spacial score (nSPS) is 15.3. The summed E-state index contributed by atoms with van der Waals surface area (Å²) in [5.41, 5.74) is 6.79. The zero-order valence-electron chi connectivity index (χ0n) is 12.5. The van der Waals surface area contributed by atoms with Crippen LogP contribution in [0.4, 0.5) is 17.3 Å². The van der Waals surface area contributed by atoms with Gasteiger partial charge >= 0.3 is 0 Å². The van der Waals surface area contributed by atoms with Crippen molar-refractivity contribution >= 4 is 28.9 Å². The highest BCUT2D eigenvalue weighted by molar-refractivity contribution is 6.30. The van der Waals surface area contributed by atoms with Gasteiger partial charge in [-0.3, -0.25) is 0 Å². The number of nitrogens with zero attached hydrogens (tertiary/aromatic N) is 4. The van der Waals surface area contributed by atoms with E-state index in [0.29, 0.717) is 10.8 Å². The smallest absolute Gasteiger partial charge is 0.236 e. The Morgan fingerprint density at radius 2 is 1.91 bits per heavy atom. The standard InChI is InChI=1S/C16H17ClN6/c17-11-1-3-13(4-2-11)20-14-9-16(22-15(10-18)21-14)23-7-5-12(19)6-8-23/h1-4,9,12H,5-8,19H2,(H,20,21,22).